The first-order chi connectivity index (χ1) is 8.76. The fourth-order valence-electron chi connectivity index (χ4n) is 2.47. The summed E-state index contributed by atoms with van der Waals surface area (Å²) in [5.74, 6) is 1.33. The molecule has 2 saturated heterocycles. The van der Waals surface area contributed by atoms with Crippen molar-refractivity contribution < 1.29 is 14.0 Å². The molecule has 2 aliphatic rings. The van der Waals surface area contributed by atoms with Gasteiger partial charge in [0.05, 0.1) is 13.2 Å². The quantitative estimate of drug-likeness (QED) is 0.852. The average Bonchev–Trinajstić information content (AvgIpc) is 3.01. The summed E-state index contributed by atoms with van der Waals surface area (Å²) in [5.41, 5.74) is -0.363. The summed E-state index contributed by atoms with van der Waals surface area (Å²) < 4.78 is 16.4. The molecular weight excluding hydrogens is 234 g/mol. The van der Waals surface area contributed by atoms with Crippen molar-refractivity contribution in [2.24, 2.45) is 0 Å². The van der Waals surface area contributed by atoms with Crippen LogP contribution in [0.15, 0.2) is 4.52 Å². The molecule has 0 spiro atoms. The van der Waals surface area contributed by atoms with Gasteiger partial charge in [0.1, 0.15) is 5.60 Å². The minimum Gasteiger partial charge on any atom is -0.378 e. The van der Waals surface area contributed by atoms with Gasteiger partial charge in [-0.25, -0.2) is 0 Å². The molecule has 2 aliphatic heterocycles. The minimum atomic E-state index is -0.363. The Morgan fingerprint density at radius 1 is 1.44 bits per heavy atom. The second kappa shape index (κ2) is 4.95. The monoisotopic (exact) mass is 253 g/mol. The summed E-state index contributed by atoms with van der Waals surface area (Å²) >= 11 is 0. The van der Waals surface area contributed by atoms with Crippen molar-refractivity contribution in [1.29, 1.82) is 0 Å². The summed E-state index contributed by atoms with van der Waals surface area (Å²) in [6.45, 7) is 5.16. The first-order valence-electron chi connectivity index (χ1n) is 6.54. The van der Waals surface area contributed by atoms with Gasteiger partial charge in [0.15, 0.2) is 0 Å². The van der Waals surface area contributed by atoms with E-state index in [9.17, 15) is 0 Å². The van der Waals surface area contributed by atoms with Crippen LogP contribution >= 0.6 is 0 Å². The first-order valence-corrected chi connectivity index (χ1v) is 6.54. The van der Waals surface area contributed by atoms with Crippen LogP contribution in [0.2, 0.25) is 0 Å². The van der Waals surface area contributed by atoms with Crippen LogP contribution in [0.3, 0.4) is 0 Å². The third-order valence-electron chi connectivity index (χ3n) is 3.58. The molecular formula is C12H19N3O3. The Labute approximate surface area is 106 Å². The second-order valence-electron chi connectivity index (χ2n) is 5.12. The summed E-state index contributed by atoms with van der Waals surface area (Å²) in [4.78, 5) is 4.46. The topological polar surface area (TPSA) is 69.4 Å². The lowest BCUT2D eigenvalue weighted by Gasteiger charge is -2.22. The van der Waals surface area contributed by atoms with Gasteiger partial charge >= 0.3 is 0 Å². The number of hydrogen-bond acceptors (Lipinski definition) is 6. The number of rotatable bonds is 3. The Hall–Kier alpha value is -0.980. The summed E-state index contributed by atoms with van der Waals surface area (Å²) in [6, 6.07) is 0.268. The van der Waals surface area contributed by atoms with Crippen molar-refractivity contribution in [2.75, 3.05) is 26.4 Å². The standard InChI is InChI=1S/C12H19N3O3/c1-12(3-2-5-17-12)11-14-10(18-15-11)7-9-8-16-6-4-13-9/h9,13H,2-8H2,1H3. The average molecular weight is 253 g/mol. The smallest absolute Gasteiger partial charge is 0.228 e. The lowest BCUT2D eigenvalue weighted by atomic mass is 10.0. The summed E-state index contributed by atoms with van der Waals surface area (Å²) in [5, 5.41) is 7.43. The van der Waals surface area contributed by atoms with Crippen molar-refractivity contribution in [1.82, 2.24) is 15.5 Å². The zero-order valence-electron chi connectivity index (χ0n) is 10.6. The molecule has 3 rings (SSSR count). The van der Waals surface area contributed by atoms with Crippen LogP contribution in [0.4, 0.5) is 0 Å². The van der Waals surface area contributed by atoms with Gasteiger partial charge in [-0.15, -0.1) is 0 Å². The van der Waals surface area contributed by atoms with Gasteiger partial charge in [-0.2, -0.15) is 4.98 Å². The highest BCUT2D eigenvalue weighted by Crippen LogP contribution is 2.33. The van der Waals surface area contributed by atoms with E-state index < -0.39 is 0 Å². The van der Waals surface area contributed by atoms with Gasteiger partial charge in [-0.05, 0) is 19.8 Å². The van der Waals surface area contributed by atoms with E-state index in [2.05, 4.69) is 15.5 Å². The van der Waals surface area contributed by atoms with E-state index in [0.29, 0.717) is 24.7 Å². The molecule has 0 aromatic carbocycles. The maximum Gasteiger partial charge on any atom is 0.228 e. The lowest BCUT2D eigenvalue weighted by Crippen LogP contribution is -2.42. The Kier molecular flexibility index (Phi) is 3.32. The molecule has 18 heavy (non-hydrogen) atoms. The molecule has 0 aliphatic carbocycles. The van der Waals surface area contributed by atoms with Gasteiger partial charge in [-0.1, -0.05) is 5.16 Å². The van der Waals surface area contributed by atoms with Crippen LogP contribution in [0, 0.1) is 0 Å². The van der Waals surface area contributed by atoms with Crippen LogP contribution in [-0.2, 0) is 21.5 Å². The molecule has 0 radical (unpaired) electrons. The second-order valence-corrected chi connectivity index (χ2v) is 5.12. The number of nitrogens with zero attached hydrogens (tertiary/aromatic N) is 2. The third-order valence-corrected chi connectivity index (χ3v) is 3.58. The summed E-state index contributed by atoms with van der Waals surface area (Å²) in [7, 11) is 0. The maximum atomic E-state index is 5.70. The third kappa shape index (κ3) is 2.41. The number of nitrogens with one attached hydrogen (secondary N) is 1. The molecule has 6 heteroatoms. The molecule has 0 bridgehead atoms. The highest BCUT2D eigenvalue weighted by molar-refractivity contribution is 5.02. The molecule has 3 heterocycles. The summed E-state index contributed by atoms with van der Waals surface area (Å²) in [6.07, 6.45) is 2.72. The maximum absolute atomic E-state index is 5.70. The molecule has 0 saturated carbocycles. The highest BCUT2D eigenvalue weighted by atomic mass is 16.5. The molecule has 2 unspecified atom stereocenters. The van der Waals surface area contributed by atoms with Crippen molar-refractivity contribution in [3.63, 3.8) is 0 Å². The fraction of sp³-hybridized carbons (Fsp3) is 0.833. The molecule has 1 aromatic rings. The number of morpholine rings is 1. The molecule has 2 atom stereocenters. The van der Waals surface area contributed by atoms with Crippen molar-refractivity contribution in [2.45, 2.75) is 37.8 Å². The Morgan fingerprint density at radius 3 is 3.11 bits per heavy atom. The van der Waals surface area contributed by atoms with E-state index in [0.717, 1.165) is 32.6 Å². The zero-order chi connectivity index (χ0) is 12.4. The zero-order valence-corrected chi connectivity index (χ0v) is 10.6. The van der Waals surface area contributed by atoms with Crippen LogP contribution in [-0.4, -0.2) is 42.5 Å². The Morgan fingerprint density at radius 2 is 2.39 bits per heavy atom. The largest absolute Gasteiger partial charge is 0.378 e. The minimum absolute atomic E-state index is 0.268. The van der Waals surface area contributed by atoms with Gasteiger partial charge in [0, 0.05) is 25.6 Å². The molecule has 6 nitrogen and oxygen atoms in total. The van der Waals surface area contributed by atoms with Crippen LogP contribution < -0.4 is 5.32 Å². The lowest BCUT2D eigenvalue weighted by molar-refractivity contribution is 0.00768. The number of ether oxygens (including phenoxy) is 2. The molecule has 1 N–H and O–H groups in total. The first kappa shape index (κ1) is 12.1. The molecule has 100 valence electrons. The predicted molar refractivity (Wildman–Crippen MR) is 63.1 cm³/mol. The normalized spacial score (nSPS) is 32.8. The van der Waals surface area contributed by atoms with Crippen molar-refractivity contribution in [3.05, 3.63) is 11.7 Å². The van der Waals surface area contributed by atoms with E-state index in [1.54, 1.807) is 0 Å². The van der Waals surface area contributed by atoms with Gasteiger partial charge in [-0.3, -0.25) is 0 Å². The van der Waals surface area contributed by atoms with E-state index >= 15 is 0 Å². The van der Waals surface area contributed by atoms with E-state index in [1.165, 1.54) is 0 Å². The number of hydrogen-bond donors (Lipinski definition) is 1. The van der Waals surface area contributed by atoms with E-state index in [-0.39, 0.29) is 11.6 Å². The van der Waals surface area contributed by atoms with E-state index in [1.807, 2.05) is 6.92 Å². The van der Waals surface area contributed by atoms with Crippen LogP contribution in [0.1, 0.15) is 31.5 Å². The van der Waals surface area contributed by atoms with Crippen LogP contribution in [0.5, 0.6) is 0 Å². The highest BCUT2D eigenvalue weighted by Gasteiger charge is 2.36. The van der Waals surface area contributed by atoms with E-state index in [4.69, 9.17) is 14.0 Å². The van der Waals surface area contributed by atoms with Crippen molar-refractivity contribution >= 4 is 0 Å². The van der Waals surface area contributed by atoms with Gasteiger partial charge < -0.3 is 19.3 Å². The van der Waals surface area contributed by atoms with Gasteiger partial charge in [0.2, 0.25) is 11.7 Å². The molecule has 1 aromatic heterocycles. The molecule has 2 fully saturated rings. The fourth-order valence-corrected chi connectivity index (χ4v) is 2.47. The Bertz CT molecular complexity index is 395. The van der Waals surface area contributed by atoms with Gasteiger partial charge in [0.25, 0.3) is 0 Å². The van der Waals surface area contributed by atoms with Crippen LogP contribution in [0.25, 0.3) is 0 Å². The Balaban J connectivity index is 1.65. The SMILES string of the molecule is CC1(c2noc(CC3COCCN3)n2)CCCO1. The predicted octanol–water partition coefficient (Wildman–Crippen LogP) is 0.626. The molecule has 0 amide bonds. The number of aromatic nitrogens is 2. The van der Waals surface area contributed by atoms with Crippen molar-refractivity contribution in [3.8, 4) is 0 Å².